The van der Waals surface area contributed by atoms with E-state index < -0.39 is 0 Å². The Morgan fingerprint density at radius 3 is 2.54 bits per heavy atom. The number of ether oxygens (including phenoxy) is 2. The fraction of sp³-hybridized carbons (Fsp3) is 0.519. The largest absolute Gasteiger partial charge is 0.497 e. The number of rotatable bonds is 9. The van der Waals surface area contributed by atoms with Crippen molar-refractivity contribution in [3.63, 3.8) is 0 Å². The van der Waals surface area contributed by atoms with Gasteiger partial charge in [0, 0.05) is 51.9 Å². The van der Waals surface area contributed by atoms with Crippen LogP contribution in [0, 0.1) is 0 Å². The number of carbonyl (C=O) groups is 2. The highest BCUT2D eigenvalue weighted by atomic mass is 16.5. The number of benzene rings is 1. The predicted octanol–water partition coefficient (Wildman–Crippen LogP) is 2.46. The van der Waals surface area contributed by atoms with Gasteiger partial charge in [0.15, 0.2) is 0 Å². The number of aryl methyl sites for hydroxylation is 1. The highest BCUT2D eigenvalue weighted by molar-refractivity contribution is 6.02. The van der Waals surface area contributed by atoms with Gasteiger partial charge in [-0.25, -0.2) is 9.80 Å². The number of urea groups is 1. The van der Waals surface area contributed by atoms with E-state index in [0.29, 0.717) is 32.7 Å². The molecule has 1 saturated heterocycles. The zero-order chi connectivity index (χ0) is 26.4. The molecule has 3 heterocycles. The summed E-state index contributed by atoms with van der Waals surface area (Å²) in [4.78, 5) is 30.6. The number of morpholine rings is 1. The van der Waals surface area contributed by atoms with Gasteiger partial charge in [-0.2, -0.15) is 5.10 Å². The number of aromatic nitrogens is 1. The van der Waals surface area contributed by atoms with E-state index in [1.54, 1.807) is 17.0 Å². The molecule has 1 atom stereocenters. The molecule has 200 valence electrons. The van der Waals surface area contributed by atoms with Gasteiger partial charge in [0.1, 0.15) is 12.3 Å². The molecule has 2 aliphatic rings. The number of hydrogen-bond donors (Lipinski definition) is 1. The first-order chi connectivity index (χ1) is 17.9. The molecule has 10 nitrogen and oxygen atoms in total. The van der Waals surface area contributed by atoms with Crippen LogP contribution in [0.3, 0.4) is 0 Å². The summed E-state index contributed by atoms with van der Waals surface area (Å²) in [7, 11) is 3.60. The second-order valence-corrected chi connectivity index (χ2v) is 9.76. The number of nitrogens with one attached hydrogen (secondary N) is 1. The van der Waals surface area contributed by atoms with Crippen LogP contribution >= 0.6 is 0 Å². The first-order valence-electron chi connectivity index (χ1n) is 12.9. The standard InChI is InChI=1S/C27H38N6O4/c1-20(2)28-27(35)32(13-12-31-14-16-37-17-15-31)19-26(34)33-25(21-7-9-22(36-4)10-8-21)18-23(29-33)24-6-5-11-30(24)3/h5-11,20,25H,12-19H2,1-4H3,(H,28,35)/t25-/m0/s1. The Morgan fingerprint density at radius 1 is 1.19 bits per heavy atom. The fourth-order valence-corrected chi connectivity index (χ4v) is 4.65. The summed E-state index contributed by atoms with van der Waals surface area (Å²) in [5, 5.41) is 9.27. The summed E-state index contributed by atoms with van der Waals surface area (Å²) in [5.74, 6) is 0.536. The molecule has 37 heavy (non-hydrogen) atoms. The lowest BCUT2D eigenvalue weighted by atomic mass is 10.0. The number of methoxy groups -OCH3 is 1. The summed E-state index contributed by atoms with van der Waals surface area (Å²) < 4.78 is 12.8. The molecule has 4 rings (SSSR count). The Morgan fingerprint density at radius 2 is 1.92 bits per heavy atom. The topological polar surface area (TPSA) is 91.6 Å². The lowest BCUT2D eigenvalue weighted by Gasteiger charge is -2.31. The minimum Gasteiger partial charge on any atom is -0.497 e. The van der Waals surface area contributed by atoms with Crippen molar-refractivity contribution in [2.24, 2.45) is 12.1 Å². The number of nitrogens with zero attached hydrogens (tertiary/aromatic N) is 5. The molecule has 0 unspecified atom stereocenters. The molecule has 0 bridgehead atoms. The van der Waals surface area contributed by atoms with Gasteiger partial charge in [-0.3, -0.25) is 9.69 Å². The molecule has 2 aliphatic heterocycles. The zero-order valence-electron chi connectivity index (χ0n) is 22.2. The van der Waals surface area contributed by atoms with E-state index in [1.165, 1.54) is 0 Å². The number of carbonyl (C=O) groups excluding carboxylic acids is 2. The lowest BCUT2D eigenvalue weighted by Crippen LogP contribution is -2.50. The van der Waals surface area contributed by atoms with Crippen molar-refractivity contribution in [1.82, 2.24) is 24.7 Å². The van der Waals surface area contributed by atoms with Crippen LogP contribution in [0.25, 0.3) is 0 Å². The highest BCUT2D eigenvalue weighted by Crippen LogP contribution is 2.33. The van der Waals surface area contributed by atoms with Crippen molar-refractivity contribution in [2.45, 2.75) is 32.4 Å². The van der Waals surface area contributed by atoms with Crippen LogP contribution in [0.2, 0.25) is 0 Å². The third kappa shape index (κ3) is 6.69. The summed E-state index contributed by atoms with van der Waals surface area (Å²) >= 11 is 0. The van der Waals surface area contributed by atoms with Crippen molar-refractivity contribution >= 4 is 17.6 Å². The van der Waals surface area contributed by atoms with Gasteiger partial charge in [0.25, 0.3) is 5.91 Å². The molecule has 1 N–H and O–H groups in total. The Bertz CT molecular complexity index is 1090. The van der Waals surface area contributed by atoms with E-state index in [9.17, 15) is 9.59 Å². The molecule has 0 spiro atoms. The Balaban J connectivity index is 1.55. The molecule has 1 aromatic heterocycles. The van der Waals surface area contributed by atoms with Gasteiger partial charge in [-0.15, -0.1) is 0 Å². The maximum Gasteiger partial charge on any atom is 0.318 e. The summed E-state index contributed by atoms with van der Waals surface area (Å²) in [5.41, 5.74) is 2.78. The highest BCUT2D eigenvalue weighted by Gasteiger charge is 2.35. The van der Waals surface area contributed by atoms with Gasteiger partial charge in [0.05, 0.1) is 37.8 Å². The number of hydrogen-bond acceptors (Lipinski definition) is 6. The van der Waals surface area contributed by atoms with Crippen molar-refractivity contribution in [3.8, 4) is 5.75 Å². The van der Waals surface area contributed by atoms with Crippen LogP contribution in [-0.4, -0.2) is 96.1 Å². The maximum atomic E-state index is 13.7. The van der Waals surface area contributed by atoms with E-state index in [4.69, 9.17) is 14.6 Å². The molecular weight excluding hydrogens is 472 g/mol. The lowest BCUT2D eigenvalue weighted by molar-refractivity contribution is -0.133. The van der Waals surface area contributed by atoms with Crippen molar-refractivity contribution in [3.05, 3.63) is 53.9 Å². The smallest absolute Gasteiger partial charge is 0.318 e. The normalized spacial score (nSPS) is 18.1. The first kappa shape index (κ1) is 26.7. The van der Waals surface area contributed by atoms with Crippen LogP contribution in [0.15, 0.2) is 47.7 Å². The quantitative estimate of drug-likeness (QED) is 0.560. The molecule has 10 heteroatoms. The minimum atomic E-state index is -0.266. The molecule has 2 aromatic rings. The molecule has 3 amide bonds. The average molecular weight is 511 g/mol. The average Bonchev–Trinajstić information content (AvgIpc) is 3.53. The first-order valence-corrected chi connectivity index (χ1v) is 12.9. The van der Waals surface area contributed by atoms with E-state index >= 15 is 0 Å². The van der Waals surface area contributed by atoms with Crippen LogP contribution in [0.5, 0.6) is 5.75 Å². The van der Waals surface area contributed by atoms with Gasteiger partial charge in [0.2, 0.25) is 0 Å². The fourth-order valence-electron chi connectivity index (χ4n) is 4.65. The monoisotopic (exact) mass is 510 g/mol. The van der Waals surface area contributed by atoms with Crippen molar-refractivity contribution in [1.29, 1.82) is 0 Å². The van der Waals surface area contributed by atoms with Gasteiger partial charge in [-0.05, 0) is 43.7 Å². The molecule has 1 aromatic carbocycles. The van der Waals surface area contributed by atoms with Crippen LogP contribution in [0.4, 0.5) is 4.79 Å². The zero-order valence-corrected chi connectivity index (χ0v) is 22.2. The number of amides is 3. The second-order valence-electron chi connectivity index (χ2n) is 9.76. The van der Waals surface area contributed by atoms with E-state index in [0.717, 1.165) is 35.8 Å². The molecule has 1 fully saturated rings. The van der Waals surface area contributed by atoms with Crippen LogP contribution < -0.4 is 10.1 Å². The van der Waals surface area contributed by atoms with Crippen molar-refractivity contribution in [2.75, 3.05) is 53.0 Å². The third-order valence-corrected chi connectivity index (χ3v) is 6.72. The SMILES string of the molecule is COc1ccc([C@@H]2CC(c3cccn3C)=NN2C(=O)CN(CCN2CCOCC2)C(=O)NC(C)C)cc1. The summed E-state index contributed by atoms with van der Waals surface area (Å²) in [6.45, 7) is 7.91. The van der Waals surface area contributed by atoms with Gasteiger partial charge < -0.3 is 24.3 Å². The summed E-state index contributed by atoms with van der Waals surface area (Å²) in [6, 6.07) is 11.1. The van der Waals surface area contributed by atoms with Crippen LogP contribution in [0.1, 0.15) is 37.6 Å². The van der Waals surface area contributed by atoms with Gasteiger partial charge in [-0.1, -0.05) is 12.1 Å². The van der Waals surface area contributed by atoms with E-state index in [2.05, 4.69) is 10.2 Å². The molecule has 0 saturated carbocycles. The number of hydrazone groups is 1. The molecule has 0 aliphatic carbocycles. The van der Waals surface area contributed by atoms with Crippen molar-refractivity contribution < 1.29 is 19.1 Å². The Hall–Kier alpha value is -3.37. The molecule has 0 radical (unpaired) electrons. The van der Waals surface area contributed by atoms with Crippen LogP contribution in [-0.2, 0) is 16.6 Å². The molecular formula is C27H38N6O4. The van der Waals surface area contributed by atoms with E-state index in [1.807, 2.05) is 68.1 Å². The van der Waals surface area contributed by atoms with E-state index in [-0.39, 0.29) is 30.6 Å². The second kappa shape index (κ2) is 12.2. The predicted molar refractivity (Wildman–Crippen MR) is 142 cm³/mol. The summed E-state index contributed by atoms with van der Waals surface area (Å²) in [6.07, 6.45) is 2.55. The van der Waals surface area contributed by atoms with Gasteiger partial charge >= 0.3 is 6.03 Å². The minimum absolute atomic E-state index is 0.0331. The maximum absolute atomic E-state index is 13.7. The Kier molecular flexibility index (Phi) is 8.83. The third-order valence-electron chi connectivity index (χ3n) is 6.72. The Labute approximate surface area is 218 Å².